The van der Waals surface area contributed by atoms with Crippen LogP contribution in [0, 0.1) is 11.3 Å². The molecule has 1 radical (unpaired) electrons. The van der Waals surface area contributed by atoms with E-state index in [2.05, 4.69) is 21.0 Å². The van der Waals surface area contributed by atoms with Crippen molar-refractivity contribution in [1.29, 1.82) is 5.26 Å². The number of aromatic carboxylic acids is 1. The monoisotopic (exact) mass is 243 g/mol. The molecule has 0 saturated heterocycles. The summed E-state index contributed by atoms with van der Waals surface area (Å²) in [5.74, 6) is -1.35. The normalized spacial score (nSPS) is 9.15. The van der Waals surface area contributed by atoms with Gasteiger partial charge in [-0.25, -0.2) is 0 Å². The second kappa shape index (κ2) is 3.44. The zero-order chi connectivity index (χ0) is 10.0. The van der Waals surface area contributed by atoms with Crippen LogP contribution in [0.3, 0.4) is 0 Å². The predicted molar refractivity (Wildman–Crippen MR) is 44.1 cm³/mol. The molecule has 1 rings (SSSR count). The fourth-order valence-electron chi connectivity index (χ4n) is 0.755. The first-order valence-electron chi connectivity index (χ1n) is 3.14. The van der Waals surface area contributed by atoms with Gasteiger partial charge in [0.05, 0.1) is 0 Å². The zero-order valence-electron chi connectivity index (χ0n) is 6.20. The van der Waals surface area contributed by atoms with Gasteiger partial charge in [-0.1, -0.05) is 0 Å². The van der Waals surface area contributed by atoms with Gasteiger partial charge in [-0.05, 0) is 0 Å². The number of rotatable bonds is 1. The number of carboxylic acids is 1. The van der Waals surface area contributed by atoms with Crippen molar-refractivity contribution in [2.45, 2.75) is 0 Å². The van der Waals surface area contributed by atoms with E-state index in [4.69, 9.17) is 10.4 Å². The second-order valence-electron chi connectivity index (χ2n) is 2.17. The molecule has 0 spiro atoms. The number of nitrogens with one attached hydrogen (secondary N) is 1. The number of nitriles is 1. The van der Waals surface area contributed by atoms with Gasteiger partial charge in [0.1, 0.15) is 0 Å². The van der Waals surface area contributed by atoms with Gasteiger partial charge in [0.2, 0.25) is 0 Å². The van der Waals surface area contributed by atoms with Gasteiger partial charge in [-0.15, -0.1) is 0 Å². The third kappa shape index (κ3) is 1.78. The van der Waals surface area contributed by atoms with Crippen LogP contribution < -0.4 is 10.2 Å². The Kier molecular flexibility index (Phi) is 2.52. The minimum atomic E-state index is -1.35. The Bertz CT molecular complexity index is 458. The molecule has 2 N–H and O–H groups in total. The van der Waals surface area contributed by atoms with Crippen LogP contribution in [0.5, 0.6) is 0 Å². The van der Waals surface area contributed by atoms with E-state index in [9.17, 15) is 9.59 Å². The summed E-state index contributed by atoms with van der Waals surface area (Å²) in [6.07, 6.45) is 0. The van der Waals surface area contributed by atoms with Gasteiger partial charge in [0.25, 0.3) is 0 Å². The van der Waals surface area contributed by atoms with Gasteiger partial charge < -0.3 is 0 Å². The average molecular weight is 242 g/mol. The summed E-state index contributed by atoms with van der Waals surface area (Å²) in [4.78, 5) is 23.7. The van der Waals surface area contributed by atoms with Gasteiger partial charge in [0.15, 0.2) is 0 Å². The number of H-pyrrole nitrogens is 1. The molecule has 1 heterocycles. The maximum atomic E-state index is 11.0. The van der Waals surface area contributed by atoms with Crippen LogP contribution in [-0.4, -0.2) is 32.1 Å². The molecule has 0 aliphatic heterocycles. The van der Waals surface area contributed by atoms with Crippen LogP contribution in [0.1, 0.15) is 15.9 Å². The minimum absolute atomic E-state index is 0.108. The number of hydrogen-bond donors (Lipinski definition) is 2. The van der Waals surface area contributed by atoms with Crippen LogP contribution >= 0.6 is 0 Å². The van der Waals surface area contributed by atoms with Crippen LogP contribution in [0.4, 0.5) is 0 Å². The SMILES string of the molecule is N#Cc1cc(C(=O)O)c(=O)[nH]c1[Se]. The summed E-state index contributed by atoms with van der Waals surface area (Å²) in [6, 6.07) is 2.79. The van der Waals surface area contributed by atoms with E-state index in [0.29, 0.717) is 0 Å². The molecule has 0 saturated carbocycles. The molecule has 0 aliphatic carbocycles. The van der Waals surface area contributed by atoms with E-state index < -0.39 is 17.1 Å². The topological polar surface area (TPSA) is 93.9 Å². The molecular weight excluding hydrogens is 239 g/mol. The molecule has 0 unspecified atom stereocenters. The van der Waals surface area contributed by atoms with Crippen molar-refractivity contribution in [3.8, 4) is 6.07 Å². The third-order valence-electron chi connectivity index (χ3n) is 1.36. The maximum absolute atomic E-state index is 11.0. The summed E-state index contributed by atoms with van der Waals surface area (Å²) in [5, 5.41) is 17.1. The summed E-state index contributed by atoms with van der Waals surface area (Å²) < 4.78 is 0.248. The standard InChI is InChI=1S/C7H3N2O3Se/c8-2-3-1-4(7(11)12)5(10)9-6(3)13/h1H,(H,9,10)(H,11,12). The Hall–Kier alpha value is -1.57. The van der Waals surface area contributed by atoms with Crippen LogP contribution in [0.25, 0.3) is 0 Å². The molecule has 1 aromatic rings. The van der Waals surface area contributed by atoms with Crippen molar-refractivity contribution in [3.63, 3.8) is 0 Å². The molecule has 1 aromatic heterocycles. The summed E-state index contributed by atoms with van der Waals surface area (Å²) in [5.41, 5.74) is -1.05. The van der Waals surface area contributed by atoms with Crippen LogP contribution in [-0.2, 0) is 0 Å². The van der Waals surface area contributed by atoms with Crippen molar-refractivity contribution in [3.05, 3.63) is 27.5 Å². The zero-order valence-corrected chi connectivity index (χ0v) is 7.91. The molecule has 0 aromatic carbocycles. The second-order valence-corrected chi connectivity index (χ2v) is 3.03. The number of aromatic amines is 1. The fraction of sp³-hybridized carbons (Fsp3) is 0. The number of nitrogens with zero attached hydrogens (tertiary/aromatic N) is 1. The quantitative estimate of drug-likeness (QED) is 0.601. The number of pyridine rings is 1. The van der Waals surface area contributed by atoms with E-state index in [1.807, 2.05) is 0 Å². The van der Waals surface area contributed by atoms with E-state index in [1.54, 1.807) is 6.07 Å². The Morgan fingerprint density at radius 1 is 1.69 bits per heavy atom. The molecule has 6 heteroatoms. The van der Waals surface area contributed by atoms with Crippen molar-refractivity contribution in [2.24, 2.45) is 0 Å². The molecule has 0 atom stereocenters. The van der Waals surface area contributed by atoms with E-state index in [0.717, 1.165) is 6.07 Å². The van der Waals surface area contributed by atoms with Gasteiger partial charge in [-0.2, -0.15) is 0 Å². The number of hydrogen-bond acceptors (Lipinski definition) is 3. The summed E-state index contributed by atoms with van der Waals surface area (Å²) >= 11 is 2.46. The first kappa shape index (κ1) is 9.52. The average Bonchev–Trinajstić information content (AvgIpc) is 2.03. The molecule has 5 nitrogen and oxygen atoms in total. The Morgan fingerprint density at radius 2 is 2.31 bits per heavy atom. The Balaban J connectivity index is 3.51. The first-order valence-corrected chi connectivity index (χ1v) is 3.99. The molecule has 65 valence electrons. The van der Waals surface area contributed by atoms with Crippen molar-refractivity contribution in [1.82, 2.24) is 4.98 Å². The van der Waals surface area contributed by atoms with Gasteiger partial charge in [0, 0.05) is 0 Å². The van der Waals surface area contributed by atoms with Crippen LogP contribution in [0.2, 0.25) is 0 Å². The van der Waals surface area contributed by atoms with Gasteiger partial charge >= 0.3 is 80.3 Å². The molecular formula is C7H3N2O3Se. The molecule has 0 amide bonds. The van der Waals surface area contributed by atoms with Crippen molar-refractivity contribution < 1.29 is 9.90 Å². The fourth-order valence-corrected chi connectivity index (χ4v) is 1.17. The van der Waals surface area contributed by atoms with E-state index >= 15 is 0 Å². The number of aromatic nitrogens is 1. The summed E-state index contributed by atoms with van der Waals surface area (Å²) in [6.45, 7) is 0. The van der Waals surface area contributed by atoms with E-state index in [-0.39, 0.29) is 10.2 Å². The van der Waals surface area contributed by atoms with Crippen molar-refractivity contribution >= 4 is 26.6 Å². The first-order chi connectivity index (χ1) is 6.06. The van der Waals surface area contributed by atoms with E-state index in [1.165, 1.54) is 0 Å². The van der Waals surface area contributed by atoms with Gasteiger partial charge in [-0.3, -0.25) is 0 Å². The van der Waals surface area contributed by atoms with Crippen LogP contribution in [0.15, 0.2) is 10.9 Å². The summed E-state index contributed by atoms with van der Waals surface area (Å²) in [7, 11) is 0. The predicted octanol–water partition coefficient (Wildman–Crippen LogP) is -1.26. The molecule has 0 bridgehead atoms. The number of carbonyl (C=O) groups is 1. The third-order valence-corrected chi connectivity index (χ3v) is 2.03. The number of carboxylic acid groups (broad SMARTS) is 1. The van der Waals surface area contributed by atoms with Crippen molar-refractivity contribution in [2.75, 3.05) is 0 Å². The molecule has 13 heavy (non-hydrogen) atoms. The Morgan fingerprint density at radius 3 is 2.77 bits per heavy atom. The Labute approximate surface area is 80.8 Å². The molecule has 0 fully saturated rings. The molecule has 0 aliphatic rings.